The average molecular weight is 318 g/mol. The SMILES string of the molecule is Cc1cc(C)cc(OCCNC(=O)CCNC(=O)[C@@H]2C[C@@H]2C)c1. The molecule has 0 aliphatic heterocycles. The van der Waals surface area contributed by atoms with Gasteiger partial charge in [0.25, 0.3) is 0 Å². The maximum Gasteiger partial charge on any atom is 0.223 e. The molecule has 1 aliphatic carbocycles. The van der Waals surface area contributed by atoms with Crippen molar-refractivity contribution in [1.29, 1.82) is 0 Å². The molecule has 0 saturated heterocycles. The van der Waals surface area contributed by atoms with Crippen molar-refractivity contribution in [2.24, 2.45) is 11.8 Å². The second kappa shape index (κ2) is 7.99. The Balaban J connectivity index is 1.55. The number of hydrogen-bond acceptors (Lipinski definition) is 3. The van der Waals surface area contributed by atoms with Gasteiger partial charge in [0.05, 0.1) is 6.54 Å². The predicted molar refractivity (Wildman–Crippen MR) is 89.3 cm³/mol. The van der Waals surface area contributed by atoms with Crippen LogP contribution in [0.4, 0.5) is 0 Å². The highest BCUT2D eigenvalue weighted by Crippen LogP contribution is 2.37. The van der Waals surface area contributed by atoms with Gasteiger partial charge in [-0.1, -0.05) is 13.0 Å². The molecular weight excluding hydrogens is 292 g/mol. The number of carbonyl (C=O) groups excluding carboxylic acids is 2. The van der Waals surface area contributed by atoms with E-state index < -0.39 is 0 Å². The third kappa shape index (κ3) is 5.93. The summed E-state index contributed by atoms with van der Waals surface area (Å²) < 4.78 is 5.63. The van der Waals surface area contributed by atoms with Crippen molar-refractivity contribution in [2.45, 2.75) is 33.6 Å². The number of nitrogens with one attached hydrogen (secondary N) is 2. The Hall–Kier alpha value is -2.04. The van der Waals surface area contributed by atoms with E-state index in [1.807, 2.05) is 26.0 Å². The number of amides is 2. The van der Waals surface area contributed by atoms with Gasteiger partial charge in [0.2, 0.25) is 11.8 Å². The molecule has 126 valence electrons. The summed E-state index contributed by atoms with van der Waals surface area (Å²) in [5.74, 6) is 1.47. The fourth-order valence-electron chi connectivity index (χ4n) is 2.58. The van der Waals surface area contributed by atoms with Gasteiger partial charge >= 0.3 is 0 Å². The Morgan fingerprint density at radius 3 is 2.39 bits per heavy atom. The normalized spacial score (nSPS) is 19.1. The van der Waals surface area contributed by atoms with Crippen molar-refractivity contribution in [2.75, 3.05) is 19.7 Å². The molecule has 0 unspecified atom stereocenters. The molecule has 2 N–H and O–H groups in total. The zero-order valence-electron chi connectivity index (χ0n) is 14.1. The van der Waals surface area contributed by atoms with Crippen LogP contribution in [0.2, 0.25) is 0 Å². The maximum atomic E-state index is 11.7. The van der Waals surface area contributed by atoms with Gasteiger partial charge in [-0.15, -0.1) is 0 Å². The molecule has 0 aromatic heterocycles. The summed E-state index contributed by atoms with van der Waals surface area (Å²) in [7, 11) is 0. The van der Waals surface area contributed by atoms with Crippen LogP contribution in [0.5, 0.6) is 5.75 Å². The summed E-state index contributed by atoms with van der Waals surface area (Å²) in [5.41, 5.74) is 2.31. The molecule has 0 radical (unpaired) electrons. The molecule has 1 aromatic rings. The zero-order chi connectivity index (χ0) is 16.8. The lowest BCUT2D eigenvalue weighted by Gasteiger charge is -2.09. The average Bonchev–Trinajstić information content (AvgIpc) is 3.20. The summed E-state index contributed by atoms with van der Waals surface area (Å²) in [6.45, 7) is 7.40. The molecule has 5 heteroatoms. The third-order valence-electron chi connectivity index (χ3n) is 3.99. The Bertz CT molecular complexity index is 551. The predicted octanol–water partition coefficient (Wildman–Crippen LogP) is 1.96. The number of carbonyl (C=O) groups is 2. The number of aryl methyl sites for hydroxylation is 2. The van der Waals surface area contributed by atoms with Crippen LogP contribution < -0.4 is 15.4 Å². The van der Waals surface area contributed by atoms with Crippen LogP contribution in [-0.4, -0.2) is 31.5 Å². The van der Waals surface area contributed by atoms with Crippen LogP contribution in [-0.2, 0) is 9.59 Å². The fraction of sp³-hybridized carbons (Fsp3) is 0.556. The van der Waals surface area contributed by atoms with Crippen molar-refractivity contribution in [1.82, 2.24) is 10.6 Å². The summed E-state index contributed by atoms with van der Waals surface area (Å²) >= 11 is 0. The van der Waals surface area contributed by atoms with E-state index in [0.717, 1.165) is 23.3 Å². The largest absolute Gasteiger partial charge is 0.492 e. The number of rotatable bonds is 8. The van der Waals surface area contributed by atoms with E-state index in [2.05, 4.69) is 23.6 Å². The molecule has 1 aliphatic rings. The van der Waals surface area contributed by atoms with Crippen LogP contribution in [0.3, 0.4) is 0 Å². The van der Waals surface area contributed by atoms with Crippen LogP contribution in [0.15, 0.2) is 18.2 Å². The van der Waals surface area contributed by atoms with Crippen molar-refractivity contribution >= 4 is 11.8 Å². The van der Waals surface area contributed by atoms with Gasteiger partial charge in [0, 0.05) is 18.9 Å². The van der Waals surface area contributed by atoms with Gasteiger partial charge in [-0.2, -0.15) is 0 Å². The summed E-state index contributed by atoms with van der Waals surface area (Å²) in [6, 6.07) is 6.04. The quantitative estimate of drug-likeness (QED) is 0.720. The van der Waals surface area contributed by atoms with Crippen molar-refractivity contribution in [3.8, 4) is 5.75 Å². The van der Waals surface area contributed by atoms with Crippen molar-refractivity contribution in [3.63, 3.8) is 0 Å². The summed E-state index contributed by atoms with van der Waals surface area (Å²) in [5, 5.41) is 5.60. The molecule has 1 fully saturated rings. The summed E-state index contributed by atoms with van der Waals surface area (Å²) in [6.07, 6.45) is 1.27. The van der Waals surface area contributed by atoms with Gasteiger partial charge in [0.15, 0.2) is 0 Å². The van der Waals surface area contributed by atoms with Crippen LogP contribution in [0.25, 0.3) is 0 Å². The van der Waals surface area contributed by atoms with Crippen molar-refractivity contribution < 1.29 is 14.3 Å². The second-order valence-electron chi connectivity index (χ2n) is 6.38. The monoisotopic (exact) mass is 318 g/mol. The molecular formula is C18H26N2O3. The molecule has 1 aromatic carbocycles. The minimum Gasteiger partial charge on any atom is -0.492 e. The smallest absolute Gasteiger partial charge is 0.223 e. The van der Waals surface area contributed by atoms with Crippen LogP contribution >= 0.6 is 0 Å². The highest BCUT2D eigenvalue weighted by atomic mass is 16.5. The zero-order valence-corrected chi connectivity index (χ0v) is 14.1. The van der Waals surface area contributed by atoms with Gasteiger partial charge < -0.3 is 15.4 Å². The number of benzene rings is 1. The molecule has 2 rings (SSSR count). The van der Waals surface area contributed by atoms with Crippen molar-refractivity contribution in [3.05, 3.63) is 29.3 Å². The first kappa shape index (κ1) is 17.3. The lowest BCUT2D eigenvalue weighted by molar-refractivity contribution is -0.123. The first-order valence-electron chi connectivity index (χ1n) is 8.21. The van der Waals surface area contributed by atoms with E-state index >= 15 is 0 Å². The Morgan fingerprint density at radius 2 is 1.78 bits per heavy atom. The first-order valence-corrected chi connectivity index (χ1v) is 8.21. The fourth-order valence-corrected chi connectivity index (χ4v) is 2.58. The third-order valence-corrected chi connectivity index (χ3v) is 3.99. The molecule has 0 bridgehead atoms. The van der Waals surface area contributed by atoms with E-state index in [1.165, 1.54) is 0 Å². The van der Waals surface area contributed by atoms with Gasteiger partial charge in [-0.3, -0.25) is 9.59 Å². The maximum absolute atomic E-state index is 11.7. The van der Waals surface area contributed by atoms with Crippen LogP contribution in [0, 0.1) is 25.7 Å². The number of ether oxygens (including phenoxy) is 1. The van der Waals surface area contributed by atoms with E-state index in [0.29, 0.717) is 32.0 Å². The Morgan fingerprint density at radius 1 is 1.13 bits per heavy atom. The molecule has 23 heavy (non-hydrogen) atoms. The van der Waals surface area contributed by atoms with Gasteiger partial charge in [-0.25, -0.2) is 0 Å². The van der Waals surface area contributed by atoms with E-state index in [4.69, 9.17) is 4.74 Å². The molecule has 0 heterocycles. The molecule has 2 atom stereocenters. The highest BCUT2D eigenvalue weighted by Gasteiger charge is 2.38. The minimum absolute atomic E-state index is 0.0711. The second-order valence-corrected chi connectivity index (χ2v) is 6.38. The first-order chi connectivity index (χ1) is 11.0. The molecule has 2 amide bonds. The highest BCUT2D eigenvalue weighted by molar-refractivity contribution is 5.82. The Labute approximate surface area is 137 Å². The topological polar surface area (TPSA) is 67.4 Å². The molecule has 1 saturated carbocycles. The van der Waals surface area contributed by atoms with E-state index in [1.54, 1.807) is 0 Å². The molecule has 0 spiro atoms. The lowest BCUT2D eigenvalue weighted by atomic mass is 10.1. The standard InChI is InChI=1S/C18H26N2O3/c1-12-8-13(2)10-15(9-12)23-7-6-19-17(21)4-5-20-18(22)16-11-14(16)3/h8-10,14,16H,4-7,11H2,1-3H3,(H,19,21)(H,20,22)/t14-,16+/m0/s1. The summed E-state index contributed by atoms with van der Waals surface area (Å²) in [4.78, 5) is 23.3. The minimum atomic E-state index is -0.0711. The Kier molecular flexibility index (Phi) is 6.02. The van der Waals surface area contributed by atoms with Crippen LogP contribution in [0.1, 0.15) is 30.9 Å². The number of hydrogen-bond donors (Lipinski definition) is 2. The van der Waals surface area contributed by atoms with E-state index in [-0.39, 0.29) is 17.7 Å². The van der Waals surface area contributed by atoms with Gasteiger partial charge in [0.1, 0.15) is 12.4 Å². The lowest BCUT2D eigenvalue weighted by Crippen LogP contribution is -2.33. The van der Waals surface area contributed by atoms with E-state index in [9.17, 15) is 9.59 Å². The van der Waals surface area contributed by atoms with Gasteiger partial charge in [-0.05, 0) is 49.4 Å². The molecule has 5 nitrogen and oxygen atoms in total.